The third-order valence-corrected chi connectivity index (χ3v) is 4.73. The highest BCUT2D eigenvalue weighted by Crippen LogP contribution is 2.31. The topological polar surface area (TPSA) is 61.8 Å². The van der Waals surface area contributed by atoms with Crippen molar-refractivity contribution >= 4 is 18.3 Å². The Balaban J connectivity index is 0.00000208. The first-order valence-corrected chi connectivity index (χ1v) is 8.18. The van der Waals surface area contributed by atoms with Crippen LogP contribution in [0.25, 0.3) is 0 Å². The van der Waals surface area contributed by atoms with E-state index in [0.717, 1.165) is 18.4 Å². The van der Waals surface area contributed by atoms with Gasteiger partial charge in [0.2, 0.25) is 5.91 Å². The fourth-order valence-electron chi connectivity index (χ4n) is 3.31. The molecule has 2 aliphatic rings. The van der Waals surface area contributed by atoms with E-state index in [-0.39, 0.29) is 36.1 Å². The first kappa shape index (κ1) is 19.1. The number of halogens is 2. The molecule has 2 heterocycles. The summed E-state index contributed by atoms with van der Waals surface area (Å²) in [6.07, 6.45) is 0.888. The summed E-state index contributed by atoms with van der Waals surface area (Å²) >= 11 is 0. The summed E-state index contributed by atoms with van der Waals surface area (Å²) in [5.41, 5.74) is 0.735. The molecule has 1 aromatic rings. The van der Waals surface area contributed by atoms with Gasteiger partial charge in [-0.1, -0.05) is 12.1 Å². The first-order valence-electron chi connectivity index (χ1n) is 8.18. The molecular formula is C17H24ClFN2O3. The molecule has 1 amide bonds. The Bertz CT molecular complexity index is 529. The Hall–Kier alpha value is -1.21. The van der Waals surface area contributed by atoms with Crippen LogP contribution >= 0.6 is 12.4 Å². The Morgan fingerprint density at radius 1 is 1.29 bits per heavy atom. The summed E-state index contributed by atoms with van der Waals surface area (Å²) in [6, 6.07) is 5.74. The van der Waals surface area contributed by atoms with Gasteiger partial charge in [0.1, 0.15) is 11.9 Å². The number of nitrogens with one attached hydrogen (secondary N) is 1. The van der Waals surface area contributed by atoms with Crippen LogP contribution in [0.15, 0.2) is 24.3 Å². The third-order valence-electron chi connectivity index (χ3n) is 4.73. The Labute approximate surface area is 147 Å². The average molecular weight is 359 g/mol. The predicted molar refractivity (Wildman–Crippen MR) is 90.5 cm³/mol. The molecule has 7 heteroatoms. The molecule has 0 bridgehead atoms. The highest BCUT2D eigenvalue weighted by molar-refractivity contribution is 5.85. The van der Waals surface area contributed by atoms with Gasteiger partial charge in [-0.15, -0.1) is 12.4 Å². The molecule has 2 saturated heterocycles. The van der Waals surface area contributed by atoms with Crippen molar-refractivity contribution in [3.05, 3.63) is 35.6 Å². The van der Waals surface area contributed by atoms with Gasteiger partial charge < -0.3 is 20.1 Å². The van der Waals surface area contributed by atoms with Crippen molar-refractivity contribution in [2.24, 2.45) is 5.92 Å². The van der Waals surface area contributed by atoms with Gasteiger partial charge in [-0.25, -0.2) is 4.39 Å². The number of carbonyl (C=O) groups is 1. The van der Waals surface area contributed by atoms with Crippen LogP contribution in [0.2, 0.25) is 0 Å². The lowest BCUT2D eigenvalue weighted by molar-refractivity contribution is -0.138. The summed E-state index contributed by atoms with van der Waals surface area (Å²) in [5, 5.41) is 13.6. The largest absolute Gasteiger partial charge is 0.388 e. The molecule has 134 valence electrons. The molecule has 0 aromatic heterocycles. The second-order valence-corrected chi connectivity index (χ2v) is 6.24. The van der Waals surface area contributed by atoms with Crippen LogP contribution in [0.5, 0.6) is 0 Å². The number of ether oxygens (including phenoxy) is 1. The number of nitrogens with zero attached hydrogens (tertiary/aromatic N) is 1. The molecule has 5 nitrogen and oxygen atoms in total. The lowest BCUT2D eigenvalue weighted by Crippen LogP contribution is -2.54. The molecule has 3 rings (SSSR count). The van der Waals surface area contributed by atoms with E-state index in [1.807, 2.05) is 4.90 Å². The molecule has 0 radical (unpaired) electrons. The second-order valence-electron chi connectivity index (χ2n) is 6.24. The van der Waals surface area contributed by atoms with E-state index >= 15 is 0 Å². The minimum absolute atomic E-state index is 0. The molecule has 24 heavy (non-hydrogen) atoms. The van der Waals surface area contributed by atoms with E-state index in [1.165, 1.54) is 12.1 Å². The summed E-state index contributed by atoms with van der Waals surface area (Å²) in [4.78, 5) is 14.3. The quantitative estimate of drug-likeness (QED) is 0.859. The molecule has 2 aliphatic heterocycles. The van der Waals surface area contributed by atoms with Crippen LogP contribution < -0.4 is 5.32 Å². The van der Waals surface area contributed by atoms with Crippen LogP contribution in [0.3, 0.4) is 0 Å². The normalized spacial score (nSPS) is 23.4. The van der Waals surface area contributed by atoms with Crippen molar-refractivity contribution in [3.8, 4) is 0 Å². The number of hydrogen-bond acceptors (Lipinski definition) is 4. The van der Waals surface area contributed by atoms with E-state index in [4.69, 9.17) is 4.74 Å². The zero-order valence-corrected chi connectivity index (χ0v) is 14.3. The highest BCUT2D eigenvalue weighted by atomic mass is 35.5. The van der Waals surface area contributed by atoms with Gasteiger partial charge in [0.25, 0.3) is 0 Å². The van der Waals surface area contributed by atoms with Crippen LogP contribution in [-0.4, -0.2) is 54.8 Å². The second kappa shape index (κ2) is 8.76. The van der Waals surface area contributed by atoms with Crippen molar-refractivity contribution in [2.75, 3.05) is 32.8 Å². The van der Waals surface area contributed by atoms with E-state index in [9.17, 15) is 14.3 Å². The van der Waals surface area contributed by atoms with E-state index in [0.29, 0.717) is 32.8 Å². The number of aliphatic hydroxyl groups is 1. The van der Waals surface area contributed by atoms with Crippen LogP contribution in [-0.2, 0) is 9.53 Å². The molecule has 0 spiro atoms. The van der Waals surface area contributed by atoms with Crippen molar-refractivity contribution in [1.29, 1.82) is 0 Å². The number of morpholine rings is 1. The van der Waals surface area contributed by atoms with Crippen LogP contribution in [0.4, 0.5) is 4.39 Å². The van der Waals surface area contributed by atoms with Crippen LogP contribution in [0.1, 0.15) is 24.5 Å². The number of amides is 1. The van der Waals surface area contributed by atoms with Gasteiger partial charge >= 0.3 is 0 Å². The van der Waals surface area contributed by atoms with Crippen molar-refractivity contribution in [1.82, 2.24) is 10.2 Å². The molecular weight excluding hydrogens is 335 g/mol. The van der Waals surface area contributed by atoms with Crippen molar-refractivity contribution in [2.45, 2.75) is 25.0 Å². The summed E-state index contributed by atoms with van der Waals surface area (Å²) in [7, 11) is 0. The average Bonchev–Trinajstić information content (AvgIpc) is 2.62. The van der Waals surface area contributed by atoms with Gasteiger partial charge in [0.05, 0.1) is 19.3 Å². The summed E-state index contributed by atoms with van der Waals surface area (Å²) in [5.74, 6) is -0.122. The number of rotatable bonds is 3. The number of aliphatic hydroxyl groups excluding tert-OH is 1. The standard InChI is InChI=1S/C17H23FN2O3.ClH/c18-14-3-1-12(2-4-14)16(21)13-5-8-20(9-6-13)17(22)15-11-23-10-7-19-15;/h1-4,13,15-16,19,21H,5-11H2;1H. The summed E-state index contributed by atoms with van der Waals surface area (Å²) < 4.78 is 18.3. The minimum atomic E-state index is -0.607. The maximum absolute atomic E-state index is 13.0. The van der Waals surface area contributed by atoms with E-state index in [2.05, 4.69) is 5.32 Å². The molecule has 2 fully saturated rings. The van der Waals surface area contributed by atoms with Gasteiger partial charge in [-0.2, -0.15) is 0 Å². The summed E-state index contributed by atoms with van der Waals surface area (Å²) in [6.45, 7) is 3.06. The molecule has 2 atom stereocenters. The Kier molecular flexibility index (Phi) is 6.98. The number of carbonyl (C=O) groups excluding carboxylic acids is 1. The van der Waals surface area contributed by atoms with E-state index in [1.54, 1.807) is 12.1 Å². The molecule has 2 unspecified atom stereocenters. The fourth-order valence-corrected chi connectivity index (χ4v) is 3.31. The Morgan fingerprint density at radius 2 is 1.96 bits per heavy atom. The molecule has 0 aliphatic carbocycles. The Morgan fingerprint density at radius 3 is 2.54 bits per heavy atom. The van der Waals surface area contributed by atoms with Gasteiger partial charge in [0, 0.05) is 19.6 Å². The molecule has 0 saturated carbocycles. The third kappa shape index (κ3) is 4.45. The lowest BCUT2D eigenvalue weighted by Gasteiger charge is -2.37. The van der Waals surface area contributed by atoms with Crippen molar-refractivity contribution < 1.29 is 19.0 Å². The maximum Gasteiger partial charge on any atom is 0.242 e. The lowest BCUT2D eigenvalue weighted by atomic mass is 9.87. The smallest absolute Gasteiger partial charge is 0.242 e. The number of likely N-dealkylation sites (tertiary alicyclic amines) is 1. The zero-order chi connectivity index (χ0) is 16.2. The van der Waals surface area contributed by atoms with Crippen LogP contribution in [0, 0.1) is 11.7 Å². The monoisotopic (exact) mass is 358 g/mol. The number of benzene rings is 1. The first-order chi connectivity index (χ1) is 11.1. The predicted octanol–water partition coefficient (Wildman–Crippen LogP) is 1.51. The maximum atomic E-state index is 13.0. The SMILES string of the molecule is Cl.O=C(C1COCCN1)N1CCC(C(O)c2ccc(F)cc2)CC1. The van der Waals surface area contributed by atoms with Gasteiger partial charge in [0.15, 0.2) is 0 Å². The fraction of sp³-hybridized carbons (Fsp3) is 0.588. The number of piperidine rings is 1. The van der Waals surface area contributed by atoms with E-state index < -0.39 is 6.10 Å². The molecule has 1 aromatic carbocycles. The van der Waals surface area contributed by atoms with Crippen molar-refractivity contribution in [3.63, 3.8) is 0 Å². The molecule has 2 N–H and O–H groups in total. The number of hydrogen-bond donors (Lipinski definition) is 2. The minimum Gasteiger partial charge on any atom is -0.388 e. The van der Waals surface area contributed by atoms with Gasteiger partial charge in [-0.3, -0.25) is 4.79 Å². The zero-order valence-electron chi connectivity index (χ0n) is 13.5. The van der Waals surface area contributed by atoms with Gasteiger partial charge in [-0.05, 0) is 36.5 Å². The highest BCUT2D eigenvalue weighted by Gasteiger charge is 2.32.